The van der Waals surface area contributed by atoms with E-state index in [1.807, 2.05) is 45.9 Å². The molecule has 0 spiro atoms. The topological polar surface area (TPSA) is 62.6 Å². The Bertz CT molecular complexity index is 1140. The molecular formula is C22H24BFN2O4. The van der Waals surface area contributed by atoms with Crippen molar-refractivity contribution in [3.05, 3.63) is 47.8 Å². The Balaban J connectivity index is 1.74. The van der Waals surface area contributed by atoms with Crippen LogP contribution in [0.3, 0.4) is 0 Å². The Hall–Kier alpha value is -2.71. The maximum Gasteiger partial charge on any atom is 0.494 e. The monoisotopic (exact) mass is 410 g/mol. The minimum atomic E-state index is -0.585. The largest absolute Gasteiger partial charge is 0.494 e. The van der Waals surface area contributed by atoms with Gasteiger partial charge in [-0.15, -0.1) is 0 Å². The summed E-state index contributed by atoms with van der Waals surface area (Å²) >= 11 is 0. The van der Waals surface area contributed by atoms with Gasteiger partial charge in [0.2, 0.25) is 0 Å². The van der Waals surface area contributed by atoms with Gasteiger partial charge >= 0.3 is 13.1 Å². The fraction of sp³-hybridized carbons (Fsp3) is 0.364. The Labute approximate surface area is 175 Å². The summed E-state index contributed by atoms with van der Waals surface area (Å²) in [6, 6.07) is 10.0. The van der Waals surface area contributed by atoms with E-state index in [1.165, 1.54) is 19.2 Å². The van der Waals surface area contributed by atoms with Gasteiger partial charge < -0.3 is 14.0 Å². The predicted octanol–water partition coefficient (Wildman–Crippen LogP) is 3.47. The predicted molar refractivity (Wildman–Crippen MR) is 113 cm³/mol. The highest BCUT2D eigenvalue weighted by Crippen LogP contribution is 2.37. The van der Waals surface area contributed by atoms with Gasteiger partial charge in [0.25, 0.3) is 0 Å². The molecule has 0 aliphatic carbocycles. The quantitative estimate of drug-likeness (QED) is 0.489. The van der Waals surface area contributed by atoms with Crippen LogP contribution in [0.4, 0.5) is 4.39 Å². The number of hydrogen-bond donors (Lipinski definition) is 0. The second-order valence-corrected chi connectivity index (χ2v) is 8.52. The Morgan fingerprint density at radius 1 is 1.10 bits per heavy atom. The third kappa shape index (κ3) is 3.20. The van der Waals surface area contributed by atoms with Crippen LogP contribution >= 0.6 is 0 Å². The van der Waals surface area contributed by atoms with Gasteiger partial charge in [0.15, 0.2) is 0 Å². The minimum Gasteiger partial charge on any atom is -0.465 e. The highest BCUT2D eigenvalue weighted by Gasteiger charge is 2.51. The molecule has 4 rings (SSSR count). The van der Waals surface area contributed by atoms with E-state index in [1.54, 1.807) is 17.8 Å². The molecule has 6 nitrogen and oxygen atoms in total. The maximum atomic E-state index is 14.8. The van der Waals surface area contributed by atoms with Gasteiger partial charge in [-0.2, -0.15) is 5.10 Å². The standard InChI is InChI=1S/C22H24BFN2O4/c1-21(2)22(3,4)30-23(29-21)14-8-10-16-18(12-14)26(5)25-19(16)15-9-7-13(11-17(15)24)20(27)28-6/h7-12H,1-6H3. The zero-order chi connectivity index (χ0) is 21.8. The van der Waals surface area contributed by atoms with E-state index in [0.29, 0.717) is 11.3 Å². The zero-order valence-corrected chi connectivity index (χ0v) is 17.9. The molecule has 0 bridgehead atoms. The Morgan fingerprint density at radius 3 is 2.37 bits per heavy atom. The molecule has 1 aliphatic heterocycles. The van der Waals surface area contributed by atoms with E-state index in [-0.39, 0.29) is 5.56 Å². The molecule has 0 saturated carbocycles. The summed E-state index contributed by atoms with van der Waals surface area (Å²) in [4.78, 5) is 11.7. The van der Waals surface area contributed by atoms with Crippen LogP contribution in [0, 0.1) is 5.82 Å². The van der Waals surface area contributed by atoms with E-state index in [0.717, 1.165) is 16.4 Å². The number of halogens is 1. The van der Waals surface area contributed by atoms with E-state index in [9.17, 15) is 9.18 Å². The number of rotatable bonds is 3. The number of ether oxygens (including phenoxy) is 1. The molecule has 1 fully saturated rings. The molecule has 30 heavy (non-hydrogen) atoms. The summed E-state index contributed by atoms with van der Waals surface area (Å²) in [7, 11) is 2.58. The smallest absolute Gasteiger partial charge is 0.465 e. The highest BCUT2D eigenvalue weighted by molar-refractivity contribution is 6.62. The number of fused-ring (bicyclic) bond motifs is 1. The molecule has 1 saturated heterocycles. The molecule has 2 heterocycles. The second kappa shape index (κ2) is 6.92. The van der Waals surface area contributed by atoms with Gasteiger partial charge in [-0.05, 0) is 57.4 Å². The molecule has 0 atom stereocenters. The van der Waals surface area contributed by atoms with Crippen LogP contribution in [0.2, 0.25) is 0 Å². The SMILES string of the molecule is COC(=O)c1ccc(-c2nn(C)c3cc(B4OC(C)(C)C(C)(C)O4)ccc23)c(F)c1. The number of carbonyl (C=O) groups excluding carboxylic acids is 1. The number of hydrogen-bond acceptors (Lipinski definition) is 5. The first-order valence-corrected chi connectivity index (χ1v) is 9.74. The van der Waals surface area contributed by atoms with Gasteiger partial charge in [0, 0.05) is 18.0 Å². The minimum absolute atomic E-state index is 0.155. The zero-order valence-electron chi connectivity index (χ0n) is 17.9. The summed E-state index contributed by atoms with van der Waals surface area (Å²) in [6.45, 7) is 8.03. The van der Waals surface area contributed by atoms with Crippen LogP contribution in [-0.4, -0.2) is 41.2 Å². The fourth-order valence-electron chi connectivity index (χ4n) is 3.55. The average Bonchev–Trinajstić information content (AvgIpc) is 3.13. The lowest BCUT2D eigenvalue weighted by Crippen LogP contribution is -2.41. The third-order valence-electron chi connectivity index (χ3n) is 6.05. The molecular weight excluding hydrogens is 386 g/mol. The number of nitrogens with zero attached hydrogens (tertiary/aromatic N) is 2. The van der Waals surface area contributed by atoms with Gasteiger partial charge in [0.1, 0.15) is 11.5 Å². The molecule has 0 radical (unpaired) electrons. The lowest BCUT2D eigenvalue weighted by Gasteiger charge is -2.32. The van der Waals surface area contributed by atoms with E-state index in [4.69, 9.17) is 9.31 Å². The number of carbonyl (C=O) groups is 1. The first kappa shape index (κ1) is 20.6. The van der Waals surface area contributed by atoms with E-state index in [2.05, 4.69) is 9.84 Å². The molecule has 8 heteroatoms. The molecule has 0 unspecified atom stereocenters. The summed E-state index contributed by atoms with van der Waals surface area (Å²) in [5.74, 6) is -1.12. The van der Waals surface area contributed by atoms with Crippen molar-refractivity contribution < 1.29 is 23.2 Å². The fourth-order valence-corrected chi connectivity index (χ4v) is 3.55. The number of esters is 1. The molecule has 1 aliphatic rings. The first-order valence-electron chi connectivity index (χ1n) is 9.74. The van der Waals surface area contributed by atoms with E-state index < -0.39 is 30.1 Å². The number of benzene rings is 2. The highest BCUT2D eigenvalue weighted by atomic mass is 19.1. The number of aryl methyl sites for hydroxylation is 1. The molecule has 156 valence electrons. The summed E-state index contributed by atoms with van der Waals surface area (Å²) in [5, 5.41) is 5.31. The second-order valence-electron chi connectivity index (χ2n) is 8.52. The van der Waals surface area contributed by atoms with E-state index >= 15 is 0 Å². The number of methoxy groups -OCH3 is 1. The Kier molecular flexibility index (Phi) is 4.75. The van der Waals surface area contributed by atoms with Crippen LogP contribution in [0.1, 0.15) is 38.1 Å². The van der Waals surface area contributed by atoms with Crippen molar-refractivity contribution in [1.82, 2.24) is 9.78 Å². The van der Waals surface area contributed by atoms with Gasteiger partial charge in [0.05, 0.1) is 29.4 Å². The van der Waals surface area contributed by atoms with Gasteiger partial charge in [-0.1, -0.05) is 12.1 Å². The van der Waals surface area contributed by atoms with Crippen molar-refractivity contribution in [2.45, 2.75) is 38.9 Å². The first-order chi connectivity index (χ1) is 14.0. The number of aromatic nitrogens is 2. The van der Waals surface area contributed by atoms with Gasteiger partial charge in [-0.25, -0.2) is 9.18 Å². The molecule has 0 N–H and O–H groups in total. The molecule has 0 amide bonds. The average molecular weight is 410 g/mol. The third-order valence-corrected chi connectivity index (χ3v) is 6.05. The maximum absolute atomic E-state index is 14.8. The van der Waals surface area contributed by atoms with Crippen LogP contribution < -0.4 is 5.46 Å². The lowest BCUT2D eigenvalue weighted by atomic mass is 9.78. The normalized spacial score (nSPS) is 17.5. The summed E-state index contributed by atoms with van der Waals surface area (Å²) < 4.78 is 33.4. The molecule has 2 aromatic carbocycles. The van der Waals surface area contributed by atoms with Crippen molar-refractivity contribution >= 4 is 29.5 Å². The lowest BCUT2D eigenvalue weighted by molar-refractivity contribution is 0.00578. The molecule has 3 aromatic rings. The van der Waals surface area contributed by atoms with Crippen LogP contribution in [0.5, 0.6) is 0 Å². The van der Waals surface area contributed by atoms with Crippen LogP contribution in [0.25, 0.3) is 22.2 Å². The van der Waals surface area contributed by atoms with Crippen molar-refractivity contribution in [1.29, 1.82) is 0 Å². The molecule has 1 aromatic heterocycles. The Morgan fingerprint density at radius 2 is 1.77 bits per heavy atom. The van der Waals surface area contributed by atoms with Crippen LogP contribution in [0.15, 0.2) is 36.4 Å². The van der Waals surface area contributed by atoms with Crippen LogP contribution in [-0.2, 0) is 21.1 Å². The van der Waals surface area contributed by atoms with Crippen molar-refractivity contribution in [2.75, 3.05) is 7.11 Å². The summed E-state index contributed by atoms with van der Waals surface area (Å²) in [5.41, 5.74) is 1.80. The van der Waals surface area contributed by atoms with Crippen molar-refractivity contribution in [3.8, 4) is 11.3 Å². The van der Waals surface area contributed by atoms with Gasteiger partial charge in [-0.3, -0.25) is 4.68 Å². The van der Waals surface area contributed by atoms with Crippen molar-refractivity contribution in [3.63, 3.8) is 0 Å². The summed E-state index contributed by atoms with van der Waals surface area (Å²) in [6.07, 6.45) is 0. The van der Waals surface area contributed by atoms with Crippen molar-refractivity contribution in [2.24, 2.45) is 7.05 Å².